The van der Waals surface area contributed by atoms with Crippen molar-refractivity contribution < 1.29 is 14.3 Å². The molecule has 138 valence electrons. The van der Waals surface area contributed by atoms with Crippen LogP contribution in [-0.4, -0.2) is 42.5 Å². The topological polar surface area (TPSA) is 58.6 Å². The Morgan fingerprint density at radius 3 is 2.36 bits per heavy atom. The van der Waals surface area contributed by atoms with Gasteiger partial charge in [-0.3, -0.25) is 9.59 Å². The number of ether oxygens (including phenoxy) is 1. The highest BCUT2D eigenvalue weighted by molar-refractivity contribution is 5.79. The van der Waals surface area contributed by atoms with Gasteiger partial charge in [0.1, 0.15) is 5.75 Å². The van der Waals surface area contributed by atoms with Crippen molar-refractivity contribution in [3.05, 3.63) is 28.8 Å². The van der Waals surface area contributed by atoms with Crippen molar-refractivity contribution in [3.63, 3.8) is 0 Å². The molecule has 1 fully saturated rings. The van der Waals surface area contributed by atoms with Crippen LogP contribution in [0.4, 0.5) is 0 Å². The lowest BCUT2D eigenvalue weighted by Gasteiger charge is -2.33. The monoisotopic (exact) mass is 346 g/mol. The molecule has 0 unspecified atom stereocenters. The molecule has 0 bridgehead atoms. The number of piperidine rings is 1. The highest BCUT2D eigenvalue weighted by atomic mass is 16.5. The Bertz CT molecular complexity index is 632. The summed E-state index contributed by atoms with van der Waals surface area (Å²) < 4.78 is 5.77. The van der Waals surface area contributed by atoms with Gasteiger partial charge in [0, 0.05) is 25.0 Å². The van der Waals surface area contributed by atoms with E-state index in [2.05, 4.69) is 11.4 Å². The molecule has 1 heterocycles. The van der Waals surface area contributed by atoms with Gasteiger partial charge in [-0.05, 0) is 50.3 Å². The molecule has 5 nitrogen and oxygen atoms in total. The molecule has 5 heteroatoms. The van der Waals surface area contributed by atoms with Gasteiger partial charge in [-0.15, -0.1) is 0 Å². The molecule has 1 aliphatic heterocycles. The van der Waals surface area contributed by atoms with Crippen LogP contribution in [0.1, 0.15) is 43.4 Å². The number of rotatable bonds is 5. The van der Waals surface area contributed by atoms with Crippen LogP contribution >= 0.6 is 0 Å². The quantitative estimate of drug-likeness (QED) is 0.892. The molecular formula is C20H30N2O3. The number of likely N-dealkylation sites (tertiary alicyclic amines) is 1. The molecule has 1 N–H and O–H groups in total. The van der Waals surface area contributed by atoms with Gasteiger partial charge in [-0.1, -0.05) is 26.0 Å². The molecular weight excluding hydrogens is 316 g/mol. The molecule has 0 aromatic heterocycles. The Balaban J connectivity index is 1.81. The first-order valence-electron chi connectivity index (χ1n) is 9.07. The van der Waals surface area contributed by atoms with E-state index in [1.165, 1.54) is 0 Å². The predicted octanol–water partition coefficient (Wildman–Crippen LogP) is 2.75. The van der Waals surface area contributed by atoms with Crippen LogP contribution in [0, 0.1) is 26.7 Å². The van der Waals surface area contributed by atoms with Gasteiger partial charge in [0.25, 0.3) is 5.91 Å². The Kier molecular flexibility index (Phi) is 6.45. The number of benzene rings is 1. The Morgan fingerprint density at radius 2 is 1.76 bits per heavy atom. The third-order valence-corrected chi connectivity index (χ3v) is 4.89. The maximum Gasteiger partial charge on any atom is 0.258 e. The van der Waals surface area contributed by atoms with E-state index in [9.17, 15) is 9.59 Å². The van der Waals surface area contributed by atoms with Crippen molar-refractivity contribution in [3.8, 4) is 5.75 Å². The number of hydrogen-bond donors (Lipinski definition) is 1. The maximum absolute atomic E-state index is 12.2. The zero-order valence-corrected chi connectivity index (χ0v) is 16.0. The zero-order chi connectivity index (χ0) is 18.6. The van der Waals surface area contributed by atoms with Gasteiger partial charge in [0.05, 0.1) is 0 Å². The fourth-order valence-electron chi connectivity index (χ4n) is 3.16. The van der Waals surface area contributed by atoms with E-state index in [0.29, 0.717) is 13.1 Å². The van der Waals surface area contributed by atoms with E-state index in [-0.39, 0.29) is 30.4 Å². The number of hydrogen-bond acceptors (Lipinski definition) is 3. The smallest absolute Gasteiger partial charge is 0.258 e. The van der Waals surface area contributed by atoms with Crippen LogP contribution in [-0.2, 0) is 9.59 Å². The number of amides is 2. The first kappa shape index (κ1) is 19.3. The SMILES string of the molecule is Cc1ccc(C)c(OCC(=O)NC2CCN(C(=O)C(C)C)CC2)c1C. The van der Waals surface area contributed by atoms with Crippen LogP contribution in [0.25, 0.3) is 0 Å². The maximum atomic E-state index is 12.2. The second kappa shape index (κ2) is 8.37. The Hall–Kier alpha value is -2.04. The molecule has 2 rings (SSSR count). The number of nitrogens with one attached hydrogen (secondary N) is 1. The van der Waals surface area contributed by atoms with Gasteiger partial charge in [0.2, 0.25) is 5.91 Å². The molecule has 1 saturated heterocycles. The van der Waals surface area contributed by atoms with E-state index in [1.54, 1.807) is 0 Å². The minimum absolute atomic E-state index is 0.0241. The summed E-state index contributed by atoms with van der Waals surface area (Å²) in [6, 6.07) is 4.19. The normalized spacial score (nSPS) is 15.4. The number of aryl methyl sites for hydroxylation is 2. The number of nitrogens with zero attached hydrogens (tertiary/aromatic N) is 1. The molecule has 1 aromatic rings. The largest absolute Gasteiger partial charge is 0.483 e. The van der Waals surface area contributed by atoms with Gasteiger partial charge in [0.15, 0.2) is 6.61 Å². The fraction of sp³-hybridized carbons (Fsp3) is 0.600. The van der Waals surface area contributed by atoms with E-state index in [0.717, 1.165) is 35.3 Å². The van der Waals surface area contributed by atoms with Crippen molar-refractivity contribution in [2.75, 3.05) is 19.7 Å². The van der Waals surface area contributed by atoms with Gasteiger partial charge < -0.3 is 15.0 Å². The average Bonchev–Trinajstić information content (AvgIpc) is 2.58. The van der Waals surface area contributed by atoms with Crippen molar-refractivity contribution in [2.24, 2.45) is 5.92 Å². The van der Waals surface area contributed by atoms with Crippen molar-refractivity contribution in [1.29, 1.82) is 0 Å². The summed E-state index contributed by atoms with van der Waals surface area (Å²) in [6.07, 6.45) is 1.60. The molecule has 0 saturated carbocycles. The molecule has 1 aliphatic rings. The number of carbonyl (C=O) groups excluding carboxylic acids is 2. The second-order valence-corrected chi connectivity index (χ2v) is 7.26. The molecule has 0 atom stereocenters. The van der Waals surface area contributed by atoms with Crippen molar-refractivity contribution >= 4 is 11.8 Å². The molecule has 25 heavy (non-hydrogen) atoms. The van der Waals surface area contributed by atoms with Crippen LogP contribution in [0.2, 0.25) is 0 Å². The summed E-state index contributed by atoms with van der Waals surface area (Å²) in [5.74, 6) is 0.917. The fourth-order valence-corrected chi connectivity index (χ4v) is 3.16. The van der Waals surface area contributed by atoms with Crippen molar-refractivity contribution in [1.82, 2.24) is 10.2 Å². The number of carbonyl (C=O) groups is 2. The van der Waals surface area contributed by atoms with Crippen molar-refractivity contribution in [2.45, 2.75) is 53.5 Å². The van der Waals surface area contributed by atoms with Gasteiger partial charge in [-0.25, -0.2) is 0 Å². The average molecular weight is 346 g/mol. The van der Waals surface area contributed by atoms with E-state index in [4.69, 9.17) is 4.74 Å². The van der Waals surface area contributed by atoms with Crippen LogP contribution in [0.5, 0.6) is 5.75 Å². The van der Waals surface area contributed by atoms with Crippen LogP contribution in [0.15, 0.2) is 12.1 Å². The molecule has 0 aliphatic carbocycles. The third-order valence-electron chi connectivity index (χ3n) is 4.89. The lowest BCUT2D eigenvalue weighted by molar-refractivity contribution is -0.135. The van der Waals surface area contributed by atoms with E-state index < -0.39 is 0 Å². The summed E-state index contributed by atoms with van der Waals surface area (Å²) in [4.78, 5) is 26.1. The van der Waals surface area contributed by atoms with E-state index >= 15 is 0 Å². The van der Waals surface area contributed by atoms with Crippen LogP contribution in [0.3, 0.4) is 0 Å². The lowest BCUT2D eigenvalue weighted by atomic mass is 10.0. The second-order valence-electron chi connectivity index (χ2n) is 7.26. The first-order valence-corrected chi connectivity index (χ1v) is 9.07. The highest BCUT2D eigenvalue weighted by Gasteiger charge is 2.25. The Labute approximate surface area is 150 Å². The minimum Gasteiger partial charge on any atom is -0.483 e. The predicted molar refractivity (Wildman–Crippen MR) is 98.7 cm³/mol. The minimum atomic E-state index is -0.103. The van der Waals surface area contributed by atoms with Gasteiger partial charge >= 0.3 is 0 Å². The summed E-state index contributed by atoms with van der Waals surface area (Å²) in [5, 5.41) is 3.03. The molecule has 2 amide bonds. The first-order chi connectivity index (χ1) is 11.8. The standard InChI is InChI=1S/C20H30N2O3/c1-13(2)20(24)22-10-8-17(9-11-22)21-18(23)12-25-19-15(4)7-6-14(3)16(19)5/h6-7,13,17H,8-12H2,1-5H3,(H,21,23). The lowest BCUT2D eigenvalue weighted by Crippen LogP contribution is -2.48. The molecule has 0 spiro atoms. The highest BCUT2D eigenvalue weighted by Crippen LogP contribution is 2.25. The zero-order valence-electron chi connectivity index (χ0n) is 16.0. The van der Waals surface area contributed by atoms with E-state index in [1.807, 2.05) is 45.6 Å². The third kappa shape index (κ3) is 4.97. The molecule has 1 aromatic carbocycles. The summed E-state index contributed by atoms with van der Waals surface area (Å²) in [7, 11) is 0. The summed E-state index contributed by atoms with van der Waals surface area (Å²) >= 11 is 0. The summed E-state index contributed by atoms with van der Waals surface area (Å²) in [5.41, 5.74) is 3.27. The Morgan fingerprint density at radius 1 is 1.16 bits per heavy atom. The van der Waals surface area contributed by atoms with Crippen LogP contribution < -0.4 is 10.1 Å². The van der Waals surface area contributed by atoms with Gasteiger partial charge in [-0.2, -0.15) is 0 Å². The summed E-state index contributed by atoms with van der Waals surface area (Å²) in [6.45, 7) is 11.3. The molecule has 0 radical (unpaired) electrons.